The normalized spacial score (nSPS) is 10.0. The van der Waals surface area contributed by atoms with Gasteiger partial charge >= 0.3 is 0 Å². The van der Waals surface area contributed by atoms with Gasteiger partial charge in [-0.3, -0.25) is 0 Å². The lowest BCUT2D eigenvalue weighted by molar-refractivity contribution is 0.398. The maximum atomic E-state index is 5.05. The molecule has 0 saturated heterocycles. The van der Waals surface area contributed by atoms with Crippen molar-refractivity contribution in [3.05, 3.63) is 18.2 Å². The number of rotatable bonds is 7. The predicted octanol–water partition coefficient (Wildman–Crippen LogP) is 3.08. The van der Waals surface area contributed by atoms with Crippen LogP contribution in [0, 0.1) is 0 Å². The van der Waals surface area contributed by atoms with Gasteiger partial charge < -0.3 is 10.1 Å². The number of nitrogens with one attached hydrogen (secondary N) is 1. The second-order valence-electron chi connectivity index (χ2n) is 3.55. The molecule has 0 fully saturated rings. The molecule has 84 valence electrons. The van der Waals surface area contributed by atoms with Gasteiger partial charge in [-0.15, -0.1) is 0 Å². The summed E-state index contributed by atoms with van der Waals surface area (Å²) in [6, 6.07) is 5.75. The summed E-state index contributed by atoms with van der Waals surface area (Å²) in [5, 5.41) is 3.29. The van der Waals surface area contributed by atoms with Crippen LogP contribution < -0.4 is 10.1 Å². The molecule has 0 aromatic carbocycles. The molecule has 1 heterocycles. The van der Waals surface area contributed by atoms with Crippen molar-refractivity contribution in [2.75, 3.05) is 19.0 Å². The Morgan fingerprint density at radius 2 is 2.13 bits per heavy atom. The van der Waals surface area contributed by atoms with Gasteiger partial charge in [0, 0.05) is 12.6 Å². The summed E-state index contributed by atoms with van der Waals surface area (Å²) in [5.41, 5.74) is 0. The Morgan fingerprint density at radius 3 is 2.87 bits per heavy atom. The van der Waals surface area contributed by atoms with Crippen molar-refractivity contribution in [3.8, 4) is 5.88 Å². The molecule has 0 aliphatic carbocycles. The van der Waals surface area contributed by atoms with Crippen LogP contribution in [0.5, 0.6) is 5.88 Å². The van der Waals surface area contributed by atoms with Crippen molar-refractivity contribution in [2.24, 2.45) is 0 Å². The van der Waals surface area contributed by atoms with E-state index < -0.39 is 0 Å². The van der Waals surface area contributed by atoms with Gasteiger partial charge in [-0.1, -0.05) is 32.3 Å². The third-order valence-corrected chi connectivity index (χ3v) is 2.27. The van der Waals surface area contributed by atoms with Gasteiger partial charge in [-0.05, 0) is 12.5 Å². The number of pyridine rings is 1. The summed E-state index contributed by atoms with van der Waals surface area (Å²) < 4.78 is 5.05. The predicted molar refractivity (Wildman–Crippen MR) is 63.4 cm³/mol. The average molecular weight is 208 g/mol. The van der Waals surface area contributed by atoms with Crippen LogP contribution in [0.1, 0.15) is 32.6 Å². The molecule has 0 saturated carbocycles. The first kappa shape index (κ1) is 11.8. The standard InChI is InChI=1S/C12H20N2O/c1-3-4-5-6-10-13-11-8-7-9-12(14-11)15-2/h7-9H,3-6,10H2,1-2H3,(H,13,14). The fraction of sp³-hybridized carbons (Fsp3) is 0.583. The number of methoxy groups -OCH3 is 1. The largest absolute Gasteiger partial charge is 0.481 e. The smallest absolute Gasteiger partial charge is 0.214 e. The summed E-state index contributed by atoms with van der Waals surface area (Å²) in [7, 11) is 1.63. The highest BCUT2D eigenvalue weighted by Gasteiger charge is 1.95. The molecule has 3 heteroatoms. The monoisotopic (exact) mass is 208 g/mol. The van der Waals surface area contributed by atoms with Crippen LogP contribution in [-0.2, 0) is 0 Å². The maximum Gasteiger partial charge on any atom is 0.214 e. The number of ether oxygens (including phenoxy) is 1. The average Bonchev–Trinajstić information content (AvgIpc) is 2.29. The molecule has 0 bridgehead atoms. The van der Waals surface area contributed by atoms with Crippen LogP contribution in [0.3, 0.4) is 0 Å². The Bertz CT molecular complexity index is 276. The molecule has 1 rings (SSSR count). The number of hydrogen-bond acceptors (Lipinski definition) is 3. The Labute approximate surface area is 91.9 Å². The highest BCUT2D eigenvalue weighted by molar-refractivity contribution is 5.36. The first-order valence-electron chi connectivity index (χ1n) is 5.61. The molecular weight excluding hydrogens is 188 g/mol. The summed E-state index contributed by atoms with van der Waals surface area (Å²) in [6.45, 7) is 3.21. The summed E-state index contributed by atoms with van der Waals surface area (Å²) in [5.74, 6) is 1.56. The van der Waals surface area contributed by atoms with Gasteiger partial charge in [0.1, 0.15) is 5.82 Å². The lowest BCUT2D eigenvalue weighted by atomic mass is 10.2. The molecule has 0 aliphatic heterocycles. The van der Waals surface area contributed by atoms with Gasteiger partial charge in [0.2, 0.25) is 5.88 Å². The third-order valence-electron chi connectivity index (χ3n) is 2.27. The molecule has 0 unspecified atom stereocenters. The molecule has 1 N–H and O–H groups in total. The number of unbranched alkanes of at least 4 members (excludes halogenated alkanes) is 3. The molecule has 0 atom stereocenters. The topological polar surface area (TPSA) is 34.1 Å². The molecule has 0 radical (unpaired) electrons. The Balaban J connectivity index is 2.24. The molecule has 15 heavy (non-hydrogen) atoms. The first-order chi connectivity index (χ1) is 7.36. The number of hydrogen-bond donors (Lipinski definition) is 1. The minimum absolute atomic E-state index is 0.661. The van der Waals surface area contributed by atoms with Crippen LogP contribution >= 0.6 is 0 Å². The number of aromatic nitrogens is 1. The summed E-state index contributed by atoms with van der Waals surface area (Å²) >= 11 is 0. The van der Waals surface area contributed by atoms with E-state index in [2.05, 4.69) is 17.2 Å². The SMILES string of the molecule is CCCCCCNc1cccc(OC)n1. The van der Waals surface area contributed by atoms with Gasteiger partial charge in [-0.2, -0.15) is 4.98 Å². The highest BCUT2D eigenvalue weighted by Crippen LogP contribution is 2.10. The van der Waals surface area contributed by atoms with Crippen molar-refractivity contribution in [3.63, 3.8) is 0 Å². The molecule has 0 amide bonds. The van der Waals surface area contributed by atoms with Crippen LogP contribution in [0.4, 0.5) is 5.82 Å². The quantitative estimate of drug-likeness (QED) is 0.699. The Morgan fingerprint density at radius 1 is 1.27 bits per heavy atom. The van der Waals surface area contributed by atoms with Gasteiger partial charge in [0.05, 0.1) is 7.11 Å². The third kappa shape index (κ3) is 4.68. The minimum atomic E-state index is 0.661. The minimum Gasteiger partial charge on any atom is -0.481 e. The van der Waals surface area contributed by atoms with Crippen LogP contribution in [-0.4, -0.2) is 18.6 Å². The van der Waals surface area contributed by atoms with E-state index in [0.717, 1.165) is 12.4 Å². The van der Waals surface area contributed by atoms with Crippen molar-refractivity contribution in [1.82, 2.24) is 4.98 Å². The van der Waals surface area contributed by atoms with Crippen molar-refractivity contribution in [2.45, 2.75) is 32.6 Å². The van der Waals surface area contributed by atoms with Gasteiger partial charge in [-0.25, -0.2) is 0 Å². The van der Waals surface area contributed by atoms with Gasteiger partial charge in [0.15, 0.2) is 0 Å². The first-order valence-corrected chi connectivity index (χ1v) is 5.61. The second kappa shape index (κ2) is 7.10. The molecule has 0 spiro atoms. The summed E-state index contributed by atoms with van der Waals surface area (Å²) in [4.78, 5) is 4.28. The van der Waals surface area contributed by atoms with Crippen LogP contribution in [0.15, 0.2) is 18.2 Å². The van der Waals surface area contributed by atoms with E-state index in [-0.39, 0.29) is 0 Å². The van der Waals surface area contributed by atoms with E-state index in [0.29, 0.717) is 5.88 Å². The Kier molecular flexibility index (Phi) is 5.59. The van der Waals surface area contributed by atoms with E-state index in [1.165, 1.54) is 25.7 Å². The molecule has 1 aromatic heterocycles. The zero-order valence-corrected chi connectivity index (χ0v) is 9.62. The van der Waals surface area contributed by atoms with Gasteiger partial charge in [0.25, 0.3) is 0 Å². The van der Waals surface area contributed by atoms with E-state index in [4.69, 9.17) is 4.74 Å². The maximum absolute atomic E-state index is 5.05. The number of anilines is 1. The fourth-order valence-electron chi connectivity index (χ4n) is 1.40. The molecule has 1 aromatic rings. The van der Waals surface area contributed by atoms with Crippen molar-refractivity contribution >= 4 is 5.82 Å². The lowest BCUT2D eigenvalue weighted by Crippen LogP contribution is -2.03. The van der Waals surface area contributed by atoms with Crippen molar-refractivity contribution < 1.29 is 4.74 Å². The molecule has 0 aliphatic rings. The summed E-state index contributed by atoms with van der Waals surface area (Å²) in [6.07, 6.45) is 5.07. The van der Waals surface area contributed by atoms with Crippen molar-refractivity contribution in [1.29, 1.82) is 0 Å². The van der Waals surface area contributed by atoms with Crippen LogP contribution in [0.2, 0.25) is 0 Å². The molecule has 3 nitrogen and oxygen atoms in total. The zero-order chi connectivity index (χ0) is 10.9. The van der Waals surface area contributed by atoms with Crippen LogP contribution in [0.25, 0.3) is 0 Å². The van der Waals surface area contributed by atoms with E-state index >= 15 is 0 Å². The van der Waals surface area contributed by atoms with E-state index in [1.807, 2.05) is 18.2 Å². The molecular formula is C12H20N2O. The zero-order valence-electron chi connectivity index (χ0n) is 9.62. The highest BCUT2D eigenvalue weighted by atomic mass is 16.5. The van der Waals surface area contributed by atoms with E-state index in [9.17, 15) is 0 Å². The second-order valence-corrected chi connectivity index (χ2v) is 3.55. The fourth-order valence-corrected chi connectivity index (χ4v) is 1.40. The van der Waals surface area contributed by atoms with E-state index in [1.54, 1.807) is 7.11 Å². The lowest BCUT2D eigenvalue weighted by Gasteiger charge is -2.06. The Hall–Kier alpha value is -1.25. The number of nitrogens with zero attached hydrogens (tertiary/aromatic N) is 1.